The van der Waals surface area contributed by atoms with E-state index in [4.69, 9.17) is 11.6 Å². The van der Waals surface area contributed by atoms with Gasteiger partial charge in [0.15, 0.2) is 0 Å². The summed E-state index contributed by atoms with van der Waals surface area (Å²) in [6, 6.07) is 16.8. The second kappa shape index (κ2) is 8.45. The molecule has 2 N–H and O–H groups in total. The van der Waals surface area contributed by atoms with E-state index >= 15 is 0 Å². The molecule has 0 bridgehead atoms. The van der Waals surface area contributed by atoms with Crippen LogP contribution in [0.25, 0.3) is 0 Å². The molecule has 0 unspecified atom stereocenters. The number of aromatic nitrogens is 1. The van der Waals surface area contributed by atoms with Crippen molar-refractivity contribution in [3.8, 4) is 0 Å². The van der Waals surface area contributed by atoms with Gasteiger partial charge in [-0.1, -0.05) is 29.8 Å². The maximum atomic E-state index is 13.2. The first kappa shape index (κ1) is 17.9. The molecule has 0 atom stereocenters. The summed E-state index contributed by atoms with van der Waals surface area (Å²) < 4.78 is 13.2. The second-order valence-corrected chi connectivity index (χ2v) is 6.13. The Labute approximate surface area is 156 Å². The number of halogens is 2. The standard InChI is InChI=1S/C20H17ClFN3O/c21-16-6-4-14(5-7-16)8-10-24-20(26)15-9-11-23-19(12-15)25-18-3-1-2-17(22)13-18/h1-7,9,11-13H,8,10H2,(H,23,25)(H,24,26). The first-order chi connectivity index (χ1) is 12.6. The van der Waals surface area contributed by atoms with Gasteiger partial charge in [0.2, 0.25) is 0 Å². The van der Waals surface area contributed by atoms with E-state index in [2.05, 4.69) is 15.6 Å². The summed E-state index contributed by atoms with van der Waals surface area (Å²) in [4.78, 5) is 16.5. The van der Waals surface area contributed by atoms with Gasteiger partial charge in [0.05, 0.1) is 0 Å². The number of nitrogens with zero attached hydrogens (tertiary/aromatic N) is 1. The van der Waals surface area contributed by atoms with Gasteiger partial charge >= 0.3 is 0 Å². The van der Waals surface area contributed by atoms with Crippen LogP contribution in [0.1, 0.15) is 15.9 Å². The molecule has 0 aliphatic heterocycles. The van der Waals surface area contributed by atoms with Crippen LogP contribution in [0.3, 0.4) is 0 Å². The van der Waals surface area contributed by atoms with Gasteiger partial charge < -0.3 is 10.6 Å². The Morgan fingerprint density at radius 1 is 1.08 bits per heavy atom. The van der Waals surface area contributed by atoms with E-state index in [0.29, 0.717) is 35.1 Å². The fourth-order valence-corrected chi connectivity index (χ4v) is 2.55. The van der Waals surface area contributed by atoms with Crippen molar-refractivity contribution in [1.29, 1.82) is 0 Å². The largest absolute Gasteiger partial charge is 0.352 e. The molecule has 0 saturated heterocycles. The van der Waals surface area contributed by atoms with E-state index in [1.54, 1.807) is 24.3 Å². The van der Waals surface area contributed by atoms with Crippen LogP contribution in [-0.4, -0.2) is 17.4 Å². The van der Waals surface area contributed by atoms with Crippen LogP contribution in [0, 0.1) is 5.82 Å². The summed E-state index contributed by atoms with van der Waals surface area (Å²) in [6.45, 7) is 0.509. The van der Waals surface area contributed by atoms with E-state index in [9.17, 15) is 9.18 Å². The summed E-state index contributed by atoms with van der Waals surface area (Å²) in [5, 5.41) is 6.55. The summed E-state index contributed by atoms with van der Waals surface area (Å²) >= 11 is 5.86. The Morgan fingerprint density at radius 3 is 2.65 bits per heavy atom. The number of pyridine rings is 1. The zero-order valence-corrected chi connectivity index (χ0v) is 14.6. The van der Waals surface area contributed by atoms with E-state index in [0.717, 1.165) is 5.56 Å². The van der Waals surface area contributed by atoms with E-state index in [1.165, 1.54) is 18.3 Å². The molecule has 1 amide bonds. The predicted octanol–water partition coefficient (Wildman–Crippen LogP) is 4.59. The summed E-state index contributed by atoms with van der Waals surface area (Å²) in [5.74, 6) is -0.0595. The maximum Gasteiger partial charge on any atom is 0.251 e. The van der Waals surface area contributed by atoms with Gasteiger partial charge in [0, 0.05) is 29.0 Å². The molecular weight excluding hydrogens is 353 g/mol. The molecule has 0 aliphatic carbocycles. The monoisotopic (exact) mass is 369 g/mol. The van der Waals surface area contributed by atoms with Crippen LogP contribution in [-0.2, 0) is 6.42 Å². The first-order valence-electron chi connectivity index (χ1n) is 8.11. The van der Waals surface area contributed by atoms with Crippen LogP contribution in [0.5, 0.6) is 0 Å². The summed E-state index contributed by atoms with van der Waals surface area (Å²) in [7, 11) is 0. The highest BCUT2D eigenvalue weighted by Gasteiger charge is 2.07. The molecule has 0 fully saturated rings. The molecule has 132 valence electrons. The first-order valence-corrected chi connectivity index (χ1v) is 8.49. The molecular formula is C20H17ClFN3O. The maximum absolute atomic E-state index is 13.2. The number of benzene rings is 2. The van der Waals surface area contributed by atoms with E-state index in [-0.39, 0.29) is 11.7 Å². The van der Waals surface area contributed by atoms with Crippen molar-refractivity contribution in [3.63, 3.8) is 0 Å². The van der Waals surface area contributed by atoms with Gasteiger partial charge in [-0.05, 0) is 54.4 Å². The molecule has 0 radical (unpaired) electrons. The second-order valence-electron chi connectivity index (χ2n) is 5.70. The topological polar surface area (TPSA) is 54.0 Å². The molecule has 4 nitrogen and oxygen atoms in total. The highest BCUT2D eigenvalue weighted by Crippen LogP contribution is 2.16. The van der Waals surface area contributed by atoms with Crippen LogP contribution < -0.4 is 10.6 Å². The molecule has 6 heteroatoms. The lowest BCUT2D eigenvalue weighted by molar-refractivity contribution is 0.0954. The minimum absolute atomic E-state index is 0.191. The Kier molecular flexibility index (Phi) is 5.81. The molecule has 0 aliphatic rings. The molecule has 3 aromatic rings. The molecule has 1 aromatic heterocycles. The number of carbonyl (C=O) groups excluding carboxylic acids is 1. The molecule has 2 aromatic carbocycles. The van der Waals surface area contributed by atoms with E-state index < -0.39 is 0 Å². The Morgan fingerprint density at radius 2 is 1.88 bits per heavy atom. The van der Waals surface area contributed by atoms with Crippen molar-refractivity contribution in [2.45, 2.75) is 6.42 Å². The van der Waals surface area contributed by atoms with Gasteiger partial charge in [-0.15, -0.1) is 0 Å². The van der Waals surface area contributed by atoms with Crippen molar-refractivity contribution < 1.29 is 9.18 Å². The normalized spacial score (nSPS) is 10.4. The number of hydrogen-bond acceptors (Lipinski definition) is 3. The summed E-state index contributed by atoms with van der Waals surface area (Å²) in [5.41, 5.74) is 2.14. The van der Waals surface area contributed by atoms with Gasteiger partial charge in [-0.25, -0.2) is 9.37 Å². The fraction of sp³-hybridized carbons (Fsp3) is 0.100. The molecule has 26 heavy (non-hydrogen) atoms. The number of carbonyl (C=O) groups is 1. The number of amides is 1. The smallest absolute Gasteiger partial charge is 0.251 e. The van der Waals surface area contributed by atoms with Crippen molar-refractivity contribution in [3.05, 3.63) is 88.8 Å². The lowest BCUT2D eigenvalue weighted by Crippen LogP contribution is -2.25. The Balaban J connectivity index is 1.58. The van der Waals surface area contributed by atoms with Crippen molar-refractivity contribution in [1.82, 2.24) is 10.3 Å². The number of rotatable bonds is 6. The highest BCUT2D eigenvalue weighted by atomic mass is 35.5. The number of hydrogen-bond donors (Lipinski definition) is 2. The number of anilines is 2. The Hall–Kier alpha value is -2.92. The third kappa shape index (κ3) is 5.04. The van der Waals surface area contributed by atoms with Crippen molar-refractivity contribution in [2.75, 3.05) is 11.9 Å². The van der Waals surface area contributed by atoms with Crippen LogP contribution in [0.15, 0.2) is 66.9 Å². The van der Waals surface area contributed by atoms with Crippen molar-refractivity contribution >= 4 is 29.0 Å². The third-order valence-electron chi connectivity index (χ3n) is 3.73. The lowest BCUT2D eigenvalue weighted by atomic mass is 10.1. The van der Waals surface area contributed by atoms with Gasteiger partial charge in [-0.3, -0.25) is 4.79 Å². The minimum Gasteiger partial charge on any atom is -0.352 e. The van der Waals surface area contributed by atoms with Gasteiger partial charge in [0.1, 0.15) is 11.6 Å². The van der Waals surface area contributed by atoms with Gasteiger partial charge in [-0.2, -0.15) is 0 Å². The zero-order valence-electron chi connectivity index (χ0n) is 13.9. The lowest BCUT2D eigenvalue weighted by Gasteiger charge is -2.09. The Bertz CT molecular complexity index is 900. The molecule has 3 rings (SSSR count). The average molecular weight is 370 g/mol. The van der Waals surface area contributed by atoms with Gasteiger partial charge in [0.25, 0.3) is 5.91 Å². The summed E-state index contributed by atoms with van der Waals surface area (Å²) in [6.07, 6.45) is 2.25. The van der Waals surface area contributed by atoms with Crippen molar-refractivity contribution in [2.24, 2.45) is 0 Å². The van der Waals surface area contributed by atoms with Crippen LogP contribution in [0.2, 0.25) is 5.02 Å². The zero-order chi connectivity index (χ0) is 18.4. The SMILES string of the molecule is O=C(NCCc1ccc(Cl)cc1)c1ccnc(Nc2cccc(F)c2)c1. The quantitative estimate of drug-likeness (QED) is 0.668. The van der Waals surface area contributed by atoms with E-state index in [1.807, 2.05) is 24.3 Å². The van der Waals surface area contributed by atoms with Crippen LogP contribution in [0.4, 0.5) is 15.9 Å². The minimum atomic E-state index is -0.342. The highest BCUT2D eigenvalue weighted by molar-refractivity contribution is 6.30. The average Bonchev–Trinajstić information content (AvgIpc) is 2.63. The molecule has 0 saturated carbocycles. The van der Waals surface area contributed by atoms with Crippen LogP contribution >= 0.6 is 11.6 Å². The predicted molar refractivity (Wildman–Crippen MR) is 101 cm³/mol. The fourth-order valence-electron chi connectivity index (χ4n) is 2.43. The molecule has 0 spiro atoms. The molecule has 1 heterocycles. The third-order valence-corrected chi connectivity index (χ3v) is 3.98. The number of nitrogens with one attached hydrogen (secondary N) is 2.